The van der Waals surface area contributed by atoms with Gasteiger partial charge in [-0.2, -0.15) is 5.10 Å². The first kappa shape index (κ1) is 22.8. The lowest BCUT2D eigenvalue weighted by Gasteiger charge is -2.24. The number of rotatable bonds is 7. The average molecular weight is 465 g/mol. The van der Waals surface area contributed by atoms with Gasteiger partial charge in [0.25, 0.3) is 11.6 Å². The number of anilines is 1. The Bertz CT molecular complexity index is 976. The number of nitro groups is 1. The van der Waals surface area contributed by atoms with E-state index in [1.165, 1.54) is 37.3 Å². The highest BCUT2D eigenvalue weighted by Crippen LogP contribution is 2.28. The standard InChI is InChI=1S/C21H22Cl2N4O4/c22-16-5-8-20(18(23)12-16)31-14-21(28)25-24-13-15-11-17(27(29)30)6-7-19(15)26-9-3-1-2-4-10-26/h5-8,11-13H,1-4,9-10,14H2,(H,25,28)/b24-13-. The Morgan fingerprint density at radius 2 is 1.90 bits per heavy atom. The minimum atomic E-state index is -0.496. The van der Waals surface area contributed by atoms with Crippen molar-refractivity contribution in [3.63, 3.8) is 0 Å². The Kier molecular flexibility index (Phi) is 8.08. The maximum Gasteiger partial charge on any atom is 0.277 e. The third-order valence-electron chi connectivity index (χ3n) is 4.81. The first-order valence-corrected chi connectivity index (χ1v) is 10.6. The maximum atomic E-state index is 12.1. The van der Waals surface area contributed by atoms with Crippen LogP contribution in [0.4, 0.5) is 11.4 Å². The number of ether oxygens (including phenoxy) is 1. The zero-order valence-corrected chi connectivity index (χ0v) is 18.2. The van der Waals surface area contributed by atoms with Gasteiger partial charge in [0.2, 0.25) is 0 Å². The van der Waals surface area contributed by atoms with Crippen LogP contribution in [0.5, 0.6) is 5.75 Å². The van der Waals surface area contributed by atoms with Crippen molar-refractivity contribution in [2.75, 3.05) is 24.6 Å². The topological polar surface area (TPSA) is 97.1 Å². The summed E-state index contributed by atoms with van der Waals surface area (Å²) in [7, 11) is 0. The molecule has 1 saturated heterocycles. The van der Waals surface area contributed by atoms with Crippen molar-refractivity contribution in [1.82, 2.24) is 5.43 Å². The largest absolute Gasteiger partial charge is 0.482 e. The highest BCUT2D eigenvalue weighted by atomic mass is 35.5. The molecule has 0 bridgehead atoms. The SMILES string of the molecule is O=C(COc1ccc(Cl)cc1Cl)N/N=C\c1cc([N+](=O)[O-])ccc1N1CCCCCC1. The molecule has 1 N–H and O–H groups in total. The van der Waals surface area contributed by atoms with Gasteiger partial charge in [-0.1, -0.05) is 36.0 Å². The molecule has 1 heterocycles. The first-order chi connectivity index (χ1) is 14.9. The van der Waals surface area contributed by atoms with Crippen molar-refractivity contribution in [2.45, 2.75) is 25.7 Å². The molecule has 0 saturated carbocycles. The molecule has 0 unspecified atom stereocenters. The summed E-state index contributed by atoms with van der Waals surface area (Å²) in [5.41, 5.74) is 3.76. The molecule has 0 radical (unpaired) electrons. The zero-order chi connectivity index (χ0) is 22.2. The summed E-state index contributed by atoms with van der Waals surface area (Å²) in [6.07, 6.45) is 5.88. The second-order valence-corrected chi connectivity index (χ2v) is 7.90. The van der Waals surface area contributed by atoms with Gasteiger partial charge < -0.3 is 9.64 Å². The van der Waals surface area contributed by atoms with E-state index in [2.05, 4.69) is 15.4 Å². The van der Waals surface area contributed by atoms with E-state index in [4.69, 9.17) is 27.9 Å². The number of nitrogens with zero attached hydrogens (tertiary/aromatic N) is 3. The van der Waals surface area contributed by atoms with Gasteiger partial charge in [0.05, 0.1) is 16.2 Å². The highest BCUT2D eigenvalue weighted by molar-refractivity contribution is 6.35. The fraction of sp³-hybridized carbons (Fsp3) is 0.333. The summed E-state index contributed by atoms with van der Waals surface area (Å²) in [5, 5.41) is 15.9. The number of carbonyl (C=O) groups is 1. The van der Waals surface area contributed by atoms with Crippen LogP contribution in [-0.4, -0.2) is 36.7 Å². The quantitative estimate of drug-likeness (QED) is 0.360. The Hall–Kier alpha value is -2.84. The lowest BCUT2D eigenvalue weighted by Crippen LogP contribution is -2.26. The second-order valence-electron chi connectivity index (χ2n) is 7.06. The maximum absolute atomic E-state index is 12.1. The van der Waals surface area contributed by atoms with Gasteiger partial charge in [-0.3, -0.25) is 14.9 Å². The summed E-state index contributed by atoms with van der Waals surface area (Å²) in [6, 6.07) is 9.36. The third kappa shape index (κ3) is 6.57. The van der Waals surface area contributed by atoms with Gasteiger partial charge in [0, 0.05) is 41.5 Å². The van der Waals surface area contributed by atoms with Crippen molar-refractivity contribution in [1.29, 1.82) is 0 Å². The molecule has 0 spiro atoms. The molecule has 164 valence electrons. The Morgan fingerprint density at radius 3 is 2.58 bits per heavy atom. The van der Waals surface area contributed by atoms with Gasteiger partial charge in [-0.05, 0) is 37.1 Å². The summed E-state index contributed by atoms with van der Waals surface area (Å²) < 4.78 is 5.37. The van der Waals surface area contributed by atoms with Crippen LogP contribution in [0.2, 0.25) is 10.0 Å². The lowest BCUT2D eigenvalue weighted by atomic mass is 10.1. The molecule has 1 amide bonds. The van der Waals surface area contributed by atoms with Crippen molar-refractivity contribution >= 4 is 46.7 Å². The molecule has 0 atom stereocenters. The van der Waals surface area contributed by atoms with E-state index >= 15 is 0 Å². The molecule has 31 heavy (non-hydrogen) atoms. The number of hydrazone groups is 1. The van der Waals surface area contributed by atoms with Crippen LogP contribution in [0, 0.1) is 10.1 Å². The number of nitrogens with one attached hydrogen (secondary N) is 1. The summed E-state index contributed by atoms with van der Waals surface area (Å²) >= 11 is 11.8. The number of non-ortho nitro benzene ring substituents is 1. The van der Waals surface area contributed by atoms with Crippen molar-refractivity contribution in [2.24, 2.45) is 5.10 Å². The molecule has 2 aromatic rings. The lowest BCUT2D eigenvalue weighted by molar-refractivity contribution is -0.384. The zero-order valence-electron chi connectivity index (χ0n) is 16.7. The van der Waals surface area contributed by atoms with E-state index in [-0.39, 0.29) is 12.3 Å². The number of carbonyl (C=O) groups excluding carboxylic acids is 1. The number of halogens is 2. The molecule has 1 aliphatic heterocycles. The molecule has 0 aromatic heterocycles. The number of hydrogen-bond acceptors (Lipinski definition) is 6. The predicted molar refractivity (Wildman–Crippen MR) is 121 cm³/mol. The van der Waals surface area contributed by atoms with Crippen LogP contribution in [0.3, 0.4) is 0 Å². The first-order valence-electron chi connectivity index (χ1n) is 9.87. The molecule has 10 heteroatoms. The number of hydrogen-bond donors (Lipinski definition) is 1. The van der Waals surface area contributed by atoms with E-state index in [0.717, 1.165) is 31.6 Å². The number of amides is 1. The van der Waals surface area contributed by atoms with Crippen LogP contribution in [0.25, 0.3) is 0 Å². The molecule has 1 fully saturated rings. The molecule has 2 aromatic carbocycles. The van der Waals surface area contributed by atoms with Crippen molar-refractivity contribution < 1.29 is 14.5 Å². The van der Waals surface area contributed by atoms with E-state index in [1.807, 2.05) is 0 Å². The summed E-state index contributed by atoms with van der Waals surface area (Å²) in [4.78, 5) is 25.0. The monoisotopic (exact) mass is 464 g/mol. The smallest absolute Gasteiger partial charge is 0.277 e. The van der Waals surface area contributed by atoms with Crippen molar-refractivity contribution in [3.8, 4) is 5.75 Å². The van der Waals surface area contributed by atoms with Gasteiger partial charge in [-0.25, -0.2) is 5.43 Å². The predicted octanol–water partition coefficient (Wildman–Crippen LogP) is 4.81. The third-order valence-corrected chi connectivity index (χ3v) is 5.34. The molecular formula is C21H22Cl2N4O4. The minimum absolute atomic E-state index is 0.0351. The molecular weight excluding hydrogens is 443 g/mol. The van der Waals surface area contributed by atoms with Gasteiger partial charge in [0.15, 0.2) is 6.61 Å². The van der Waals surface area contributed by atoms with Crippen LogP contribution >= 0.6 is 23.2 Å². The number of benzene rings is 2. The highest BCUT2D eigenvalue weighted by Gasteiger charge is 2.16. The second kappa shape index (κ2) is 11.0. The normalized spacial score (nSPS) is 14.3. The Balaban J connectivity index is 1.67. The van der Waals surface area contributed by atoms with Crippen LogP contribution in [-0.2, 0) is 4.79 Å². The van der Waals surface area contributed by atoms with Crippen LogP contribution in [0.1, 0.15) is 31.2 Å². The fourth-order valence-electron chi connectivity index (χ4n) is 3.30. The van der Waals surface area contributed by atoms with Crippen LogP contribution < -0.4 is 15.1 Å². The van der Waals surface area contributed by atoms with Gasteiger partial charge >= 0.3 is 0 Å². The van der Waals surface area contributed by atoms with Crippen molar-refractivity contribution in [3.05, 3.63) is 62.1 Å². The van der Waals surface area contributed by atoms with E-state index in [9.17, 15) is 14.9 Å². The Labute approximate surface area is 189 Å². The summed E-state index contributed by atoms with van der Waals surface area (Å²) in [5.74, 6) is -0.170. The summed E-state index contributed by atoms with van der Waals surface area (Å²) in [6.45, 7) is 1.45. The molecule has 1 aliphatic rings. The van der Waals surface area contributed by atoms with Crippen LogP contribution in [0.15, 0.2) is 41.5 Å². The minimum Gasteiger partial charge on any atom is -0.482 e. The number of nitro benzene ring substituents is 1. The molecule has 3 rings (SSSR count). The van der Waals surface area contributed by atoms with E-state index in [0.29, 0.717) is 21.4 Å². The van der Waals surface area contributed by atoms with Gasteiger partial charge in [0.1, 0.15) is 5.75 Å². The molecule has 8 nitrogen and oxygen atoms in total. The molecule has 0 aliphatic carbocycles. The van der Waals surface area contributed by atoms with Gasteiger partial charge in [-0.15, -0.1) is 0 Å². The Morgan fingerprint density at radius 1 is 1.16 bits per heavy atom. The fourth-order valence-corrected chi connectivity index (χ4v) is 3.76. The van der Waals surface area contributed by atoms with E-state index < -0.39 is 10.8 Å². The van der Waals surface area contributed by atoms with E-state index in [1.54, 1.807) is 18.2 Å². The average Bonchev–Trinajstić information content (AvgIpc) is 3.02.